The van der Waals surface area contributed by atoms with Crippen molar-refractivity contribution < 1.29 is 28.0 Å². The molecule has 0 radical (unpaired) electrons. The van der Waals surface area contributed by atoms with Gasteiger partial charge >= 0.3 is 0 Å². The van der Waals surface area contributed by atoms with Crippen LogP contribution in [-0.2, 0) is 0 Å². The van der Waals surface area contributed by atoms with Gasteiger partial charge in [-0.15, -0.1) is 0 Å². The summed E-state index contributed by atoms with van der Waals surface area (Å²) in [4.78, 5) is 46.2. The fraction of sp³-hybridized carbons (Fsp3) is 0.133. The number of anilines is 1. The van der Waals surface area contributed by atoms with Crippen molar-refractivity contribution in [3.05, 3.63) is 55.9 Å². The van der Waals surface area contributed by atoms with Crippen molar-refractivity contribution >= 4 is 23.3 Å². The molecule has 10 nitrogen and oxygen atoms in total. The van der Waals surface area contributed by atoms with Gasteiger partial charge in [0, 0.05) is 18.2 Å². The Morgan fingerprint density at radius 3 is 2.52 bits per heavy atom. The fourth-order valence-electron chi connectivity index (χ4n) is 2.59. The second-order valence-corrected chi connectivity index (χ2v) is 5.42. The van der Waals surface area contributed by atoms with Crippen molar-refractivity contribution in [1.29, 1.82) is 0 Å². The number of carbonyl (C=O) groups excluding carboxylic acids is 2. The van der Waals surface area contributed by atoms with Gasteiger partial charge in [-0.2, -0.15) is 0 Å². The highest BCUT2D eigenvalue weighted by molar-refractivity contribution is 6.23. The Bertz CT molecular complexity index is 1050. The highest BCUT2D eigenvalue weighted by Crippen LogP contribution is 2.28. The minimum Gasteiger partial charge on any atom is -0.487 e. The van der Waals surface area contributed by atoms with Crippen molar-refractivity contribution in [1.82, 2.24) is 9.88 Å². The average Bonchev–Trinajstić information content (AvgIpc) is 2.86. The SMILES string of the molecule is Nc1c2c(cc(=O)n1-c1cc(OCC(F)F)cc([N+](=O)[O-])c1)C(=O)NC2=O. The van der Waals surface area contributed by atoms with E-state index < -0.39 is 46.8 Å². The lowest BCUT2D eigenvalue weighted by atomic mass is 10.1. The maximum atomic E-state index is 12.4. The van der Waals surface area contributed by atoms with E-state index in [0.29, 0.717) is 0 Å². The van der Waals surface area contributed by atoms with Crippen LogP contribution in [0.3, 0.4) is 0 Å². The molecule has 2 aromatic rings. The van der Waals surface area contributed by atoms with Crippen molar-refractivity contribution in [2.45, 2.75) is 6.43 Å². The first-order valence-corrected chi connectivity index (χ1v) is 7.31. The summed E-state index contributed by atoms with van der Waals surface area (Å²) >= 11 is 0. The number of nitrogens with two attached hydrogens (primary N) is 1. The maximum absolute atomic E-state index is 12.4. The van der Waals surface area contributed by atoms with E-state index in [1.54, 1.807) is 0 Å². The van der Waals surface area contributed by atoms with Crippen LogP contribution in [0.25, 0.3) is 5.69 Å². The highest BCUT2D eigenvalue weighted by Gasteiger charge is 2.32. The second-order valence-electron chi connectivity index (χ2n) is 5.42. The number of hydrogen-bond acceptors (Lipinski definition) is 7. The first kappa shape index (κ1) is 18.0. The Labute approximate surface area is 148 Å². The van der Waals surface area contributed by atoms with E-state index in [4.69, 9.17) is 10.5 Å². The number of amides is 2. The Balaban J connectivity index is 2.21. The van der Waals surface area contributed by atoms with E-state index in [1.807, 2.05) is 5.32 Å². The predicted octanol–water partition coefficient (Wildman–Crippen LogP) is 0.855. The zero-order valence-electron chi connectivity index (χ0n) is 13.3. The number of imide groups is 1. The lowest BCUT2D eigenvalue weighted by molar-refractivity contribution is -0.384. The molecule has 27 heavy (non-hydrogen) atoms. The van der Waals surface area contributed by atoms with Gasteiger partial charge in [-0.1, -0.05) is 0 Å². The number of fused-ring (bicyclic) bond motifs is 1. The first-order valence-electron chi connectivity index (χ1n) is 7.31. The number of nitro groups is 1. The number of nitrogen functional groups attached to an aromatic ring is 1. The van der Waals surface area contributed by atoms with Gasteiger partial charge in [-0.05, 0) is 0 Å². The lowest BCUT2D eigenvalue weighted by Gasteiger charge is -2.13. The number of nitro benzene ring substituents is 1. The van der Waals surface area contributed by atoms with E-state index in [0.717, 1.165) is 28.8 Å². The third kappa shape index (κ3) is 3.19. The molecule has 0 atom stereocenters. The van der Waals surface area contributed by atoms with E-state index in [1.165, 1.54) is 0 Å². The summed E-state index contributed by atoms with van der Waals surface area (Å²) in [5.41, 5.74) is 3.76. The molecule has 0 fully saturated rings. The molecule has 1 aliphatic rings. The minimum atomic E-state index is -2.82. The molecule has 1 aliphatic heterocycles. The molecule has 0 saturated carbocycles. The number of ether oxygens (including phenoxy) is 1. The third-order valence-electron chi connectivity index (χ3n) is 3.67. The fourth-order valence-corrected chi connectivity index (χ4v) is 2.59. The molecule has 2 heterocycles. The van der Waals surface area contributed by atoms with E-state index in [9.17, 15) is 33.3 Å². The van der Waals surface area contributed by atoms with Crippen LogP contribution in [0.1, 0.15) is 20.7 Å². The number of benzene rings is 1. The standard InChI is InChI=1S/C15H10F2N4O6/c16-10(17)5-27-8-2-6(1-7(3-8)21(25)26)20-11(22)4-9-12(13(20)18)15(24)19-14(9)23/h1-4,10H,5,18H2,(H,19,23,24). The molecule has 2 amide bonds. The Hall–Kier alpha value is -3.83. The molecule has 0 bridgehead atoms. The van der Waals surface area contributed by atoms with Crippen molar-refractivity contribution in [3.8, 4) is 11.4 Å². The van der Waals surface area contributed by atoms with Crippen LogP contribution in [0.15, 0.2) is 29.1 Å². The zero-order valence-corrected chi connectivity index (χ0v) is 13.3. The first-order chi connectivity index (χ1) is 12.7. The summed E-state index contributed by atoms with van der Waals surface area (Å²) in [6.07, 6.45) is -2.82. The smallest absolute Gasteiger partial charge is 0.275 e. The Kier molecular flexibility index (Phi) is 4.31. The van der Waals surface area contributed by atoms with Crippen molar-refractivity contribution in [3.63, 3.8) is 0 Å². The van der Waals surface area contributed by atoms with Gasteiger partial charge in [-0.3, -0.25) is 34.4 Å². The quantitative estimate of drug-likeness (QED) is 0.444. The van der Waals surface area contributed by atoms with Crippen LogP contribution in [-0.4, -0.2) is 34.3 Å². The molecule has 1 aromatic carbocycles. The number of carbonyl (C=O) groups is 2. The number of nitrogens with zero attached hydrogens (tertiary/aromatic N) is 2. The molecular formula is C15H10F2N4O6. The van der Waals surface area contributed by atoms with Gasteiger partial charge in [-0.25, -0.2) is 8.78 Å². The van der Waals surface area contributed by atoms with Crippen molar-refractivity contribution in [2.75, 3.05) is 12.3 Å². The number of rotatable bonds is 5. The number of hydrogen-bond donors (Lipinski definition) is 2. The normalized spacial score (nSPS) is 12.9. The van der Waals surface area contributed by atoms with Crippen molar-refractivity contribution in [2.24, 2.45) is 0 Å². The van der Waals surface area contributed by atoms with Crippen LogP contribution >= 0.6 is 0 Å². The summed E-state index contributed by atoms with van der Waals surface area (Å²) in [6, 6.07) is 3.78. The molecular weight excluding hydrogens is 370 g/mol. The zero-order chi connectivity index (χ0) is 19.9. The average molecular weight is 380 g/mol. The molecule has 0 saturated heterocycles. The van der Waals surface area contributed by atoms with Gasteiger partial charge in [0.05, 0.1) is 27.8 Å². The second kappa shape index (κ2) is 6.48. The maximum Gasteiger partial charge on any atom is 0.275 e. The Morgan fingerprint density at radius 2 is 1.89 bits per heavy atom. The van der Waals surface area contributed by atoms with Crippen LogP contribution < -0.4 is 21.3 Å². The molecule has 3 N–H and O–H groups in total. The molecule has 0 spiro atoms. The van der Waals surface area contributed by atoms with Crippen LogP contribution in [0.4, 0.5) is 20.3 Å². The van der Waals surface area contributed by atoms with Gasteiger partial charge < -0.3 is 10.5 Å². The number of nitrogens with one attached hydrogen (secondary N) is 1. The Morgan fingerprint density at radius 1 is 1.19 bits per heavy atom. The van der Waals surface area contributed by atoms with Crippen LogP contribution in [0, 0.1) is 10.1 Å². The number of halogens is 2. The summed E-state index contributed by atoms with van der Waals surface area (Å²) in [7, 11) is 0. The van der Waals surface area contributed by atoms with Gasteiger partial charge in [0.2, 0.25) is 0 Å². The van der Waals surface area contributed by atoms with E-state index in [2.05, 4.69) is 0 Å². The highest BCUT2D eigenvalue weighted by atomic mass is 19.3. The predicted molar refractivity (Wildman–Crippen MR) is 86.4 cm³/mol. The summed E-state index contributed by atoms with van der Waals surface area (Å²) in [5, 5.41) is 13.1. The molecule has 0 unspecified atom stereocenters. The third-order valence-corrected chi connectivity index (χ3v) is 3.67. The molecule has 140 valence electrons. The monoisotopic (exact) mass is 380 g/mol. The summed E-state index contributed by atoms with van der Waals surface area (Å²) < 4.78 is 30.2. The number of aromatic nitrogens is 1. The summed E-state index contributed by atoms with van der Waals surface area (Å²) in [5.74, 6) is -2.36. The lowest BCUT2D eigenvalue weighted by Crippen LogP contribution is -2.24. The molecule has 12 heteroatoms. The largest absolute Gasteiger partial charge is 0.487 e. The van der Waals surface area contributed by atoms with Crippen LogP contribution in [0.2, 0.25) is 0 Å². The van der Waals surface area contributed by atoms with Gasteiger partial charge in [0.1, 0.15) is 18.2 Å². The molecule has 3 rings (SSSR count). The molecule has 0 aliphatic carbocycles. The van der Waals surface area contributed by atoms with E-state index >= 15 is 0 Å². The topological polar surface area (TPSA) is 147 Å². The van der Waals surface area contributed by atoms with Crippen LogP contribution in [0.5, 0.6) is 5.75 Å². The summed E-state index contributed by atoms with van der Waals surface area (Å²) in [6.45, 7) is -1.02. The van der Waals surface area contributed by atoms with Gasteiger partial charge in [0.25, 0.3) is 29.5 Å². The number of non-ortho nitro benzene ring substituents is 1. The van der Waals surface area contributed by atoms with E-state index in [-0.39, 0.29) is 22.6 Å². The minimum absolute atomic E-state index is 0.189. The number of pyridine rings is 1. The molecule has 1 aromatic heterocycles. The van der Waals surface area contributed by atoms with Gasteiger partial charge in [0.15, 0.2) is 0 Å². The number of alkyl halides is 2.